The highest BCUT2D eigenvalue weighted by Crippen LogP contribution is 2.30. The van der Waals surface area contributed by atoms with Gasteiger partial charge in [0.1, 0.15) is 0 Å². The summed E-state index contributed by atoms with van der Waals surface area (Å²) in [6, 6.07) is 20.9. The van der Waals surface area contributed by atoms with Gasteiger partial charge in [-0.25, -0.2) is 0 Å². The molecule has 0 amide bonds. The highest BCUT2D eigenvalue weighted by Gasteiger charge is 2.18. The van der Waals surface area contributed by atoms with Gasteiger partial charge < -0.3 is 9.30 Å². The fourth-order valence-electron chi connectivity index (χ4n) is 4.96. The Morgan fingerprint density at radius 3 is 2.65 bits per heavy atom. The summed E-state index contributed by atoms with van der Waals surface area (Å²) in [7, 11) is 0. The summed E-state index contributed by atoms with van der Waals surface area (Å²) < 4.78 is 8.23. The fraction of sp³-hybridized carbons (Fsp3) is 0.321. The maximum Gasteiger partial charge on any atom is 0.193 e. The lowest BCUT2D eigenvalue weighted by atomic mass is 9.93. The first-order valence-electron chi connectivity index (χ1n) is 11.4. The number of aromatic nitrogens is 1. The average Bonchev–Trinajstić information content (AvgIpc) is 3.13. The number of fused-ring (bicyclic) bond motifs is 3. The molecule has 31 heavy (non-hydrogen) atoms. The second kappa shape index (κ2) is 8.32. The molecule has 1 saturated heterocycles. The Balaban J connectivity index is 1.52. The van der Waals surface area contributed by atoms with Gasteiger partial charge >= 0.3 is 0 Å². The molecule has 2 heterocycles. The molecule has 4 aromatic rings. The van der Waals surface area contributed by atoms with Crippen LogP contribution in [0.15, 0.2) is 60.7 Å². The predicted molar refractivity (Wildman–Crippen MR) is 127 cm³/mol. The molecule has 0 radical (unpaired) electrons. The summed E-state index contributed by atoms with van der Waals surface area (Å²) in [6.45, 7) is 5.95. The van der Waals surface area contributed by atoms with Crippen molar-refractivity contribution in [2.45, 2.75) is 52.2 Å². The minimum absolute atomic E-state index is 0.0964. The number of rotatable bonds is 5. The fourth-order valence-corrected chi connectivity index (χ4v) is 4.96. The maximum atomic E-state index is 13.5. The third-order valence-electron chi connectivity index (χ3n) is 6.63. The van der Waals surface area contributed by atoms with Crippen molar-refractivity contribution in [1.82, 2.24) is 4.57 Å². The van der Waals surface area contributed by atoms with E-state index in [-0.39, 0.29) is 11.9 Å². The van der Waals surface area contributed by atoms with Crippen LogP contribution in [0.2, 0.25) is 0 Å². The van der Waals surface area contributed by atoms with E-state index >= 15 is 0 Å². The molecule has 5 rings (SSSR count). The molecular formula is C28H29NO2. The number of benzene rings is 3. The van der Waals surface area contributed by atoms with E-state index in [1.807, 2.05) is 13.0 Å². The van der Waals surface area contributed by atoms with E-state index in [4.69, 9.17) is 4.74 Å². The highest BCUT2D eigenvalue weighted by atomic mass is 16.5. The zero-order chi connectivity index (χ0) is 21.4. The molecule has 1 fully saturated rings. The van der Waals surface area contributed by atoms with Gasteiger partial charge in [0.05, 0.1) is 6.10 Å². The molecule has 1 aliphatic rings. The molecule has 0 saturated carbocycles. The molecule has 3 heteroatoms. The van der Waals surface area contributed by atoms with Gasteiger partial charge in [-0.15, -0.1) is 0 Å². The quantitative estimate of drug-likeness (QED) is 0.353. The Labute approximate surface area is 183 Å². The Morgan fingerprint density at radius 1 is 1.00 bits per heavy atom. The topological polar surface area (TPSA) is 31.2 Å². The van der Waals surface area contributed by atoms with Crippen LogP contribution >= 0.6 is 0 Å². The summed E-state index contributed by atoms with van der Waals surface area (Å²) in [5.41, 5.74) is 6.15. The first-order chi connectivity index (χ1) is 15.2. The van der Waals surface area contributed by atoms with Gasteiger partial charge in [0.2, 0.25) is 0 Å². The largest absolute Gasteiger partial charge is 0.378 e. The maximum absolute atomic E-state index is 13.5. The number of hydrogen-bond acceptors (Lipinski definition) is 2. The Kier molecular flexibility index (Phi) is 5.37. The minimum atomic E-state index is 0.0964. The van der Waals surface area contributed by atoms with Crippen molar-refractivity contribution >= 4 is 27.6 Å². The van der Waals surface area contributed by atoms with E-state index in [0.717, 1.165) is 54.5 Å². The molecular weight excluding hydrogens is 382 g/mol. The third kappa shape index (κ3) is 3.68. The van der Waals surface area contributed by atoms with E-state index in [2.05, 4.69) is 66.1 Å². The second-order valence-corrected chi connectivity index (χ2v) is 8.66. The van der Waals surface area contributed by atoms with Crippen molar-refractivity contribution in [1.29, 1.82) is 0 Å². The van der Waals surface area contributed by atoms with Crippen LogP contribution in [0.25, 0.3) is 21.8 Å². The predicted octanol–water partition coefficient (Wildman–Crippen LogP) is 6.47. The smallest absolute Gasteiger partial charge is 0.193 e. The number of ketones is 1. The summed E-state index contributed by atoms with van der Waals surface area (Å²) in [4.78, 5) is 13.5. The highest BCUT2D eigenvalue weighted by molar-refractivity contribution is 6.15. The lowest BCUT2D eigenvalue weighted by molar-refractivity contribution is 0.0168. The molecule has 1 atom stereocenters. The SMILES string of the molecule is CCn1c2ccccc2c2cc(C(=O)c3cc(CC4CCCCO4)ccc3C)ccc21. The zero-order valence-corrected chi connectivity index (χ0v) is 18.4. The molecule has 1 unspecified atom stereocenters. The summed E-state index contributed by atoms with van der Waals surface area (Å²) >= 11 is 0. The van der Waals surface area contributed by atoms with Crippen molar-refractivity contribution in [3.05, 3.63) is 82.9 Å². The van der Waals surface area contributed by atoms with Gasteiger partial charge in [0.15, 0.2) is 5.78 Å². The minimum Gasteiger partial charge on any atom is -0.378 e. The average molecular weight is 412 g/mol. The number of carbonyl (C=O) groups excluding carboxylic acids is 1. The van der Waals surface area contributed by atoms with Crippen molar-refractivity contribution < 1.29 is 9.53 Å². The van der Waals surface area contributed by atoms with E-state index in [9.17, 15) is 4.79 Å². The van der Waals surface area contributed by atoms with Gasteiger partial charge in [-0.1, -0.05) is 30.3 Å². The van der Waals surface area contributed by atoms with Crippen molar-refractivity contribution in [2.75, 3.05) is 6.61 Å². The summed E-state index contributed by atoms with van der Waals surface area (Å²) in [5.74, 6) is 0.0964. The normalized spacial score (nSPS) is 16.8. The number of nitrogens with zero attached hydrogens (tertiary/aromatic N) is 1. The van der Waals surface area contributed by atoms with Gasteiger partial charge in [-0.05, 0) is 81.0 Å². The van der Waals surface area contributed by atoms with Gasteiger partial charge in [-0.3, -0.25) is 4.79 Å². The molecule has 158 valence electrons. The Hall–Kier alpha value is -2.91. The summed E-state index contributed by atoms with van der Waals surface area (Å²) in [6.07, 6.45) is 4.65. The molecule has 0 aliphatic carbocycles. The third-order valence-corrected chi connectivity index (χ3v) is 6.63. The first-order valence-corrected chi connectivity index (χ1v) is 11.4. The van der Waals surface area contributed by atoms with Crippen LogP contribution < -0.4 is 0 Å². The van der Waals surface area contributed by atoms with Crippen molar-refractivity contribution in [2.24, 2.45) is 0 Å². The summed E-state index contributed by atoms with van der Waals surface area (Å²) in [5, 5.41) is 2.35. The van der Waals surface area contributed by atoms with Crippen LogP contribution in [0.3, 0.4) is 0 Å². The van der Waals surface area contributed by atoms with Crippen LogP contribution in [0.4, 0.5) is 0 Å². The van der Waals surface area contributed by atoms with Gasteiger partial charge in [0, 0.05) is 46.1 Å². The molecule has 0 spiro atoms. The Morgan fingerprint density at radius 2 is 1.84 bits per heavy atom. The molecule has 1 aromatic heterocycles. The molecule has 3 aromatic carbocycles. The standard InChI is InChI=1S/C28H29NO2/c1-3-29-26-10-5-4-9-23(26)25-18-21(13-14-27(25)29)28(30)24-17-20(12-11-19(24)2)16-22-8-6-7-15-31-22/h4-5,9-14,17-18,22H,3,6-8,15-16H2,1-2H3. The number of hydrogen-bond donors (Lipinski definition) is 0. The lowest BCUT2D eigenvalue weighted by Gasteiger charge is -2.22. The molecule has 1 aliphatic heterocycles. The molecule has 0 N–H and O–H groups in total. The van der Waals surface area contributed by atoms with Crippen LogP contribution in [0, 0.1) is 6.92 Å². The van der Waals surface area contributed by atoms with E-state index in [0.29, 0.717) is 0 Å². The Bertz CT molecular complexity index is 1260. The van der Waals surface area contributed by atoms with Gasteiger partial charge in [0.25, 0.3) is 0 Å². The monoisotopic (exact) mass is 411 g/mol. The lowest BCUT2D eigenvalue weighted by Crippen LogP contribution is -2.21. The molecule has 3 nitrogen and oxygen atoms in total. The van der Waals surface area contributed by atoms with Crippen LogP contribution in [-0.4, -0.2) is 23.1 Å². The van der Waals surface area contributed by atoms with Crippen LogP contribution in [0.1, 0.15) is 53.2 Å². The molecule has 0 bridgehead atoms. The zero-order valence-electron chi connectivity index (χ0n) is 18.4. The van der Waals surface area contributed by atoms with Crippen LogP contribution in [0.5, 0.6) is 0 Å². The van der Waals surface area contributed by atoms with E-state index < -0.39 is 0 Å². The van der Waals surface area contributed by atoms with Crippen molar-refractivity contribution in [3.8, 4) is 0 Å². The van der Waals surface area contributed by atoms with E-state index in [1.165, 1.54) is 28.4 Å². The second-order valence-electron chi connectivity index (χ2n) is 8.66. The number of ether oxygens (including phenoxy) is 1. The number of para-hydroxylation sites is 1. The van der Waals surface area contributed by atoms with Crippen LogP contribution in [-0.2, 0) is 17.7 Å². The van der Waals surface area contributed by atoms with Crippen molar-refractivity contribution in [3.63, 3.8) is 0 Å². The number of aryl methyl sites for hydroxylation is 2. The van der Waals surface area contributed by atoms with E-state index in [1.54, 1.807) is 0 Å². The van der Waals surface area contributed by atoms with Gasteiger partial charge in [-0.2, -0.15) is 0 Å². The first kappa shape index (κ1) is 20.0. The number of carbonyl (C=O) groups is 1.